The molecule has 6 N–H and O–H groups in total. The third-order valence-corrected chi connectivity index (χ3v) is 12.7. The third-order valence-electron chi connectivity index (χ3n) is 12.7. The lowest BCUT2D eigenvalue weighted by Gasteiger charge is -2.41. The maximum Gasteiger partial charge on any atom is 0.407 e. The van der Waals surface area contributed by atoms with Crippen LogP contribution in [-0.4, -0.2) is 95.9 Å². The van der Waals surface area contributed by atoms with Crippen LogP contribution in [0.15, 0.2) is 48.5 Å². The van der Waals surface area contributed by atoms with Gasteiger partial charge in [-0.3, -0.25) is 24.1 Å². The van der Waals surface area contributed by atoms with Crippen molar-refractivity contribution in [1.29, 1.82) is 0 Å². The van der Waals surface area contributed by atoms with Crippen LogP contribution in [0.3, 0.4) is 0 Å². The van der Waals surface area contributed by atoms with Gasteiger partial charge in [-0.1, -0.05) is 103 Å². The number of hydrogen-bond acceptors (Lipinski definition) is 9. The standard InChI is InChI=1S/C45H65N7O8/c1-42(2,3)34(48-40(57)59-7)36(53)51-25-11-23-44(51,38(46)55)31-19-15-29(16-20-31)27-50(33-13-9-10-14-33)28-30-17-21-32(22-18-30)45(39(47)56)24-12-26-52(45)37(54)35(43(4,5)6)49-41(58)60-8/h15-22,33-35H,9-14,23-28H2,1-8H3,(H2,46,55)(H2,47,56)(H,48,57)(H,49,58)/t34-,35-,44+,45+/m1/s1. The lowest BCUT2D eigenvalue weighted by atomic mass is 9.82. The Labute approximate surface area is 354 Å². The Bertz CT molecular complexity index is 1770. The van der Waals surface area contributed by atoms with Crippen LogP contribution in [0.1, 0.15) is 115 Å². The monoisotopic (exact) mass is 831 g/mol. The summed E-state index contributed by atoms with van der Waals surface area (Å²) >= 11 is 0. The van der Waals surface area contributed by atoms with E-state index in [1.54, 1.807) is 0 Å². The first-order valence-corrected chi connectivity index (χ1v) is 21.0. The molecule has 1 aliphatic carbocycles. The number of ether oxygens (including phenoxy) is 2. The molecule has 60 heavy (non-hydrogen) atoms. The summed E-state index contributed by atoms with van der Waals surface area (Å²) < 4.78 is 9.62. The maximum atomic E-state index is 14.2. The number of hydrogen-bond donors (Lipinski definition) is 4. The average molecular weight is 832 g/mol. The second-order valence-corrected chi connectivity index (χ2v) is 18.7. The van der Waals surface area contributed by atoms with Gasteiger partial charge in [-0.25, -0.2) is 9.59 Å². The van der Waals surface area contributed by atoms with Crippen LogP contribution >= 0.6 is 0 Å². The van der Waals surface area contributed by atoms with E-state index in [0.29, 0.717) is 69.0 Å². The number of nitrogens with one attached hydrogen (secondary N) is 2. The van der Waals surface area contributed by atoms with Crippen molar-refractivity contribution in [3.05, 3.63) is 70.8 Å². The van der Waals surface area contributed by atoms with Gasteiger partial charge in [0.05, 0.1) is 14.2 Å². The van der Waals surface area contributed by atoms with E-state index >= 15 is 0 Å². The summed E-state index contributed by atoms with van der Waals surface area (Å²) in [5.74, 6) is -2.05. The first kappa shape index (κ1) is 45.9. The molecule has 3 aliphatic rings. The van der Waals surface area contributed by atoms with Gasteiger partial charge in [0.2, 0.25) is 23.6 Å². The molecule has 2 saturated heterocycles. The minimum absolute atomic E-state index is 0.312. The van der Waals surface area contributed by atoms with Crippen molar-refractivity contribution in [3.8, 4) is 0 Å². The van der Waals surface area contributed by atoms with Crippen LogP contribution in [-0.2, 0) is 52.8 Å². The number of rotatable bonds is 13. The fourth-order valence-corrected chi connectivity index (χ4v) is 9.42. The van der Waals surface area contributed by atoms with Crippen molar-refractivity contribution in [2.75, 3.05) is 27.3 Å². The number of methoxy groups -OCH3 is 2. The van der Waals surface area contributed by atoms with Crippen LogP contribution in [0.5, 0.6) is 0 Å². The zero-order valence-corrected chi connectivity index (χ0v) is 36.6. The highest BCUT2D eigenvalue weighted by Gasteiger charge is 2.54. The summed E-state index contributed by atoms with van der Waals surface area (Å²) in [6.45, 7) is 12.9. The molecule has 0 aromatic heterocycles. The van der Waals surface area contributed by atoms with Gasteiger partial charge in [0.15, 0.2) is 0 Å². The van der Waals surface area contributed by atoms with Crippen molar-refractivity contribution in [2.24, 2.45) is 22.3 Å². The Morgan fingerprint density at radius 1 is 0.650 bits per heavy atom. The molecular formula is C45H65N7O8. The molecule has 5 rings (SSSR count). The highest BCUT2D eigenvalue weighted by molar-refractivity contribution is 5.96. The van der Waals surface area contributed by atoms with Gasteiger partial charge in [0.25, 0.3) is 0 Å². The number of alkyl carbamates (subject to hydrolysis) is 2. The highest BCUT2D eigenvalue weighted by atomic mass is 16.5. The number of nitrogens with two attached hydrogens (primary N) is 2. The third kappa shape index (κ3) is 9.25. The molecule has 2 aliphatic heterocycles. The SMILES string of the molecule is COC(=O)N[C@H](C(=O)N1CCC[C@@]1(C(N)=O)c1ccc(CN(Cc2ccc([C@]3(C(N)=O)CCCN3C(=O)[C@@H](NC(=O)OC)C(C)(C)C)cc2)C2CCCC2)cc1)C(C)(C)C. The number of carbonyl (C=O) groups excluding carboxylic acids is 6. The second kappa shape index (κ2) is 18.2. The number of primary amides is 2. The van der Waals surface area contributed by atoms with Crippen LogP contribution < -0.4 is 22.1 Å². The van der Waals surface area contributed by atoms with E-state index in [1.165, 1.54) is 24.0 Å². The van der Waals surface area contributed by atoms with Gasteiger partial charge in [-0.05, 0) is 71.6 Å². The fraction of sp³-hybridized carbons (Fsp3) is 0.600. The number of amides is 6. The molecular weight excluding hydrogens is 767 g/mol. The minimum atomic E-state index is -1.38. The molecule has 1 saturated carbocycles. The molecule has 4 atom stereocenters. The Morgan fingerprint density at radius 2 is 1.00 bits per heavy atom. The second-order valence-electron chi connectivity index (χ2n) is 18.7. The van der Waals surface area contributed by atoms with E-state index in [9.17, 15) is 28.8 Å². The van der Waals surface area contributed by atoms with Gasteiger partial charge in [-0.15, -0.1) is 0 Å². The number of benzene rings is 2. The first-order chi connectivity index (χ1) is 28.2. The van der Waals surface area contributed by atoms with Crippen molar-refractivity contribution in [1.82, 2.24) is 25.3 Å². The lowest BCUT2D eigenvalue weighted by molar-refractivity contribution is -0.147. The highest BCUT2D eigenvalue weighted by Crippen LogP contribution is 2.42. The Hall–Kier alpha value is -5.18. The molecule has 0 radical (unpaired) electrons. The number of nitrogens with zero attached hydrogens (tertiary/aromatic N) is 3. The Morgan fingerprint density at radius 3 is 1.30 bits per heavy atom. The normalized spacial score (nSPS) is 22.0. The number of likely N-dealkylation sites (tertiary alicyclic amines) is 2. The van der Waals surface area contributed by atoms with Crippen molar-refractivity contribution in [2.45, 2.75) is 135 Å². The summed E-state index contributed by atoms with van der Waals surface area (Å²) in [7, 11) is 2.48. The summed E-state index contributed by atoms with van der Waals surface area (Å²) in [6.07, 6.45) is 4.77. The van der Waals surface area contributed by atoms with E-state index in [0.717, 1.165) is 36.8 Å². The quantitative estimate of drug-likeness (QED) is 0.219. The van der Waals surface area contributed by atoms with Gasteiger partial charge < -0.3 is 41.4 Å². The summed E-state index contributed by atoms with van der Waals surface area (Å²) in [5.41, 5.74) is 11.5. The fourth-order valence-electron chi connectivity index (χ4n) is 9.42. The maximum absolute atomic E-state index is 14.2. The Kier molecular flexibility index (Phi) is 13.9. The van der Waals surface area contributed by atoms with Crippen LogP contribution in [0.4, 0.5) is 9.59 Å². The molecule has 2 aromatic carbocycles. The molecule has 0 bridgehead atoms. The zero-order chi connectivity index (χ0) is 44.2. The van der Waals surface area contributed by atoms with Crippen LogP contribution in [0, 0.1) is 10.8 Å². The van der Waals surface area contributed by atoms with Crippen molar-refractivity contribution >= 4 is 35.8 Å². The van der Waals surface area contributed by atoms with Gasteiger partial charge in [-0.2, -0.15) is 0 Å². The number of carbonyl (C=O) groups is 6. The first-order valence-electron chi connectivity index (χ1n) is 21.0. The van der Waals surface area contributed by atoms with Gasteiger partial charge in [0.1, 0.15) is 23.2 Å². The van der Waals surface area contributed by atoms with Gasteiger partial charge in [0, 0.05) is 32.2 Å². The summed E-state index contributed by atoms with van der Waals surface area (Å²) in [5, 5.41) is 5.35. The van der Waals surface area contributed by atoms with Crippen LogP contribution in [0.25, 0.3) is 0 Å². The largest absolute Gasteiger partial charge is 0.453 e. The minimum Gasteiger partial charge on any atom is -0.453 e. The average Bonchev–Trinajstić information content (AvgIpc) is 3.99. The molecule has 2 heterocycles. The van der Waals surface area contributed by atoms with Gasteiger partial charge >= 0.3 is 12.2 Å². The smallest absolute Gasteiger partial charge is 0.407 e. The predicted molar refractivity (Wildman–Crippen MR) is 226 cm³/mol. The lowest BCUT2D eigenvalue weighted by Crippen LogP contribution is -2.61. The topological polar surface area (TPSA) is 207 Å². The molecule has 0 spiro atoms. The molecule has 3 fully saturated rings. The van der Waals surface area contributed by atoms with Crippen molar-refractivity contribution in [3.63, 3.8) is 0 Å². The molecule has 15 heteroatoms. The van der Waals surface area contributed by atoms with E-state index in [2.05, 4.69) is 15.5 Å². The molecule has 2 aromatic rings. The van der Waals surface area contributed by atoms with E-state index in [1.807, 2.05) is 90.1 Å². The van der Waals surface area contributed by atoms with Crippen LogP contribution in [0.2, 0.25) is 0 Å². The van der Waals surface area contributed by atoms with Crippen molar-refractivity contribution < 1.29 is 38.2 Å². The Balaban J connectivity index is 1.39. The van der Waals surface area contributed by atoms with E-state index < -0.39 is 69.8 Å². The summed E-state index contributed by atoms with van der Waals surface area (Å²) in [4.78, 5) is 85.2. The molecule has 0 unspecified atom stereocenters. The summed E-state index contributed by atoms with van der Waals surface area (Å²) in [6, 6.07) is 13.9. The molecule has 6 amide bonds. The molecule has 328 valence electrons. The predicted octanol–water partition coefficient (Wildman–Crippen LogP) is 4.78. The molecule has 15 nitrogen and oxygen atoms in total. The zero-order valence-electron chi connectivity index (χ0n) is 36.6. The van der Waals surface area contributed by atoms with E-state index in [4.69, 9.17) is 20.9 Å². The van der Waals surface area contributed by atoms with E-state index in [-0.39, 0.29) is 0 Å².